The molecule has 5 heteroatoms. The van der Waals surface area contributed by atoms with Crippen molar-refractivity contribution < 1.29 is 14.3 Å². The molecule has 1 amide bonds. The number of anilines is 1. The van der Waals surface area contributed by atoms with Gasteiger partial charge in [-0.1, -0.05) is 30.3 Å². The Bertz CT molecular complexity index is 1070. The second-order valence-electron chi connectivity index (χ2n) is 7.02. The Morgan fingerprint density at radius 2 is 1.68 bits per heavy atom. The summed E-state index contributed by atoms with van der Waals surface area (Å²) >= 11 is 0. The summed E-state index contributed by atoms with van der Waals surface area (Å²) in [5.41, 5.74) is 4.47. The molecule has 0 spiro atoms. The van der Waals surface area contributed by atoms with E-state index in [2.05, 4.69) is 0 Å². The number of Topliss-reactive ketones (excluding diaryl/α,β-unsaturated/α-hetero) is 1. The molecule has 0 N–H and O–H groups in total. The molecular weight excluding hydrogens is 352 g/mol. The van der Waals surface area contributed by atoms with Crippen LogP contribution in [-0.2, 0) is 7.05 Å². The average Bonchev–Trinajstić information content (AvgIpc) is 3.14. The van der Waals surface area contributed by atoms with Crippen molar-refractivity contribution in [3.63, 3.8) is 0 Å². The second kappa shape index (κ2) is 6.68. The Labute approximate surface area is 164 Å². The molecule has 2 heterocycles. The highest BCUT2D eigenvalue weighted by Crippen LogP contribution is 2.44. The molecule has 0 radical (unpaired) electrons. The molecule has 1 unspecified atom stereocenters. The van der Waals surface area contributed by atoms with Gasteiger partial charge in [0.05, 0.1) is 23.9 Å². The van der Waals surface area contributed by atoms with E-state index in [1.54, 1.807) is 12.0 Å². The predicted octanol–water partition coefficient (Wildman–Crippen LogP) is 4.29. The molecule has 1 aromatic heterocycles. The summed E-state index contributed by atoms with van der Waals surface area (Å²) in [6.07, 6.45) is 0. The number of amides is 1. The minimum absolute atomic E-state index is 0.0916. The quantitative estimate of drug-likeness (QED) is 0.640. The lowest BCUT2D eigenvalue weighted by atomic mass is 10.0. The number of aromatic nitrogens is 1. The van der Waals surface area contributed by atoms with E-state index in [0.717, 1.165) is 28.4 Å². The molecule has 2 aromatic carbocycles. The van der Waals surface area contributed by atoms with E-state index in [4.69, 9.17) is 4.74 Å². The first-order valence-electron chi connectivity index (χ1n) is 9.18. The number of carbonyl (C=O) groups excluding carboxylic acids is 2. The zero-order valence-electron chi connectivity index (χ0n) is 16.4. The van der Waals surface area contributed by atoms with E-state index in [-0.39, 0.29) is 17.7 Å². The number of hydrogen-bond acceptors (Lipinski definition) is 3. The van der Waals surface area contributed by atoms with Crippen molar-refractivity contribution in [2.24, 2.45) is 7.05 Å². The molecule has 1 aliphatic heterocycles. The largest absolute Gasteiger partial charge is 0.497 e. The molecule has 28 heavy (non-hydrogen) atoms. The molecule has 0 fully saturated rings. The Morgan fingerprint density at radius 1 is 1.04 bits per heavy atom. The minimum atomic E-state index is -0.297. The van der Waals surface area contributed by atoms with Gasteiger partial charge in [0.15, 0.2) is 5.78 Å². The smallest absolute Gasteiger partial charge is 0.261 e. The van der Waals surface area contributed by atoms with E-state index in [1.807, 2.05) is 73.1 Å². The summed E-state index contributed by atoms with van der Waals surface area (Å²) < 4.78 is 7.23. The topological polar surface area (TPSA) is 51.5 Å². The first-order chi connectivity index (χ1) is 13.5. The lowest BCUT2D eigenvalue weighted by Gasteiger charge is -2.27. The van der Waals surface area contributed by atoms with Crippen LogP contribution < -0.4 is 9.64 Å². The third-order valence-corrected chi connectivity index (χ3v) is 5.50. The third kappa shape index (κ3) is 2.54. The maximum Gasteiger partial charge on any atom is 0.261 e. The summed E-state index contributed by atoms with van der Waals surface area (Å²) in [6.45, 7) is 3.41. The number of benzene rings is 2. The molecule has 5 nitrogen and oxygen atoms in total. The van der Waals surface area contributed by atoms with Gasteiger partial charge in [0, 0.05) is 18.4 Å². The lowest BCUT2D eigenvalue weighted by molar-refractivity contribution is 0.0970. The second-order valence-corrected chi connectivity index (χ2v) is 7.02. The number of rotatable bonds is 4. The predicted molar refractivity (Wildman–Crippen MR) is 108 cm³/mol. The van der Waals surface area contributed by atoms with Crippen molar-refractivity contribution in [2.75, 3.05) is 12.0 Å². The number of ether oxygens (including phenoxy) is 1. The van der Waals surface area contributed by atoms with Crippen molar-refractivity contribution in [2.45, 2.75) is 19.9 Å². The van der Waals surface area contributed by atoms with Gasteiger partial charge in [-0.2, -0.15) is 0 Å². The molecule has 0 aliphatic carbocycles. The van der Waals surface area contributed by atoms with Gasteiger partial charge in [-0.3, -0.25) is 14.5 Å². The highest BCUT2D eigenvalue weighted by atomic mass is 16.5. The Balaban J connectivity index is 1.97. The number of fused-ring (bicyclic) bond motifs is 1. The SMILES string of the molecule is COc1ccc(N2C(=O)c3c(C(C)=O)c(C)n(C)c3C2c2ccccc2)cc1. The van der Waals surface area contributed by atoms with Crippen LogP contribution in [0.1, 0.15) is 50.6 Å². The first-order valence-corrected chi connectivity index (χ1v) is 9.18. The first kappa shape index (κ1) is 18.0. The number of carbonyl (C=O) groups is 2. The summed E-state index contributed by atoms with van der Waals surface area (Å²) in [5, 5.41) is 0. The van der Waals surface area contributed by atoms with Crippen LogP contribution in [0.3, 0.4) is 0 Å². The third-order valence-electron chi connectivity index (χ3n) is 5.50. The Hall–Kier alpha value is -3.34. The van der Waals surface area contributed by atoms with Crippen LogP contribution in [0, 0.1) is 6.92 Å². The van der Waals surface area contributed by atoms with Gasteiger partial charge in [0.25, 0.3) is 5.91 Å². The molecule has 4 rings (SSSR count). The van der Waals surface area contributed by atoms with E-state index < -0.39 is 0 Å². The molecule has 1 atom stereocenters. The van der Waals surface area contributed by atoms with E-state index in [1.165, 1.54) is 6.92 Å². The van der Waals surface area contributed by atoms with E-state index >= 15 is 0 Å². The number of methoxy groups -OCH3 is 1. The van der Waals surface area contributed by atoms with Crippen molar-refractivity contribution in [1.82, 2.24) is 4.57 Å². The summed E-state index contributed by atoms with van der Waals surface area (Å²) in [5.74, 6) is 0.485. The van der Waals surface area contributed by atoms with Gasteiger partial charge in [-0.25, -0.2) is 0 Å². The molecule has 3 aromatic rings. The van der Waals surface area contributed by atoms with Crippen LogP contribution in [0.4, 0.5) is 5.69 Å². The van der Waals surface area contributed by atoms with Gasteiger partial charge in [0.2, 0.25) is 0 Å². The molecule has 0 saturated heterocycles. The fraction of sp³-hybridized carbons (Fsp3) is 0.217. The molecule has 0 bridgehead atoms. The molecular formula is C23H22N2O3. The number of ketones is 1. The van der Waals surface area contributed by atoms with Crippen LogP contribution in [0.2, 0.25) is 0 Å². The highest BCUT2D eigenvalue weighted by Gasteiger charge is 2.44. The van der Waals surface area contributed by atoms with Gasteiger partial charge in [-0.05, 0) is 43.7 Å². The Morgan fingerprint density at radius 3 is 2.25 bits per heavy atom. The molecule has 0 saturated carbocycles. The standard InChI is InChI=1S/C23H22N2O3/c1-14-19(15(2)26)20-22(24(14)3)21(16-8-6-5-7-9-16)25(23(20)27)17-10-12-18(28-4)13-11-17/h5-13,21H,1-4H3. The summed E-state index contributed by atoms with van der Waals surface area (Å²) in [4.78, 5) is 27.7. The fourth-order valence-electron chi connectivity index (χ4n) is 4.10. The normalized spacial score (nSPS) is 15.6. The molecule has 1 aliphatic rings. The fourth-order valence-corrected chi connectivity index (χ4v) is 4.10. The van der Waals surface area contributed by atoms with Crippen LogP contribution in [0.25, 0.3) is 0 Å². The number of hydrogen-bond donors (Lipinski definition) is 0. The zero-order valence-corrected chi connectivity index (χ0v) is 16.4. The van der Waals surface area contributed by atoms with Crippen LogP contribution in [0.15, 0.2) is 54.6 Å². The van der Waals surface area contributed by atoms with Crippen LogP contribution >= 0.6 is 0 Å². The van der Waals surface area contributed by atoms with Gasteiger partial charge >= 0.3 is 0 Å². The van der Waals surface area contributed by atoms with Crippen molar-refractivity contribution in [3.05, 3.63) is 82.7 Å². The van der Waals surface area contributed by atoms with E-state index in [9.17, 15) is 9.59 Å². The average molecular weight is 374 g/mol. The Kier molecular flexibility index (Phi) is 4.30. The van der Waals surface area contributed by atoms with Gasteiger partial charge in [-0.15, -0.1) is 0 Å². The van der Waals surface area contributed by atoms with Crippen molar-refractivity contribution >= 4 is 17.4 Å². The van der Waals surface area contributed by atoms with Gasteiger partial charge < -0.3 is 9.30 Å². The lowest BCUT2D eigenvalue weighted by Crippen LogP contribution is -2.30. The minimum Gasteiger partial charge on any atom is -0.497 e. The van der Waals surface area contributed by atoms with Crippen LogP contribution in [-0.4, -0.2) is 23.4 Å². The summed E-state index contributed by atoms with van der Waals surface area (Å²) in [6, 6.07) is 17.0. The van der Waals surface area contributed by atoms with Crippen molar-refractivity contribution in [1.29, 1.82) is 0 Å². The van der Waals surface area contributed by atoms with Crippen LogP contribution in [0.5, 0.6) is 5.75 Å². The van der Waals surface area contributed by atoms with Gasteiger partial charge in [0.1, 0.15) is 11.8 Å². The summed E-state index contributed by atoms with van der Waals surface area (Å²) in [7, 11) is 3.53. The maximum absolute atomic E-state index is 13.6. The highest BCUT2D eigenvalue weighted by molar-refractivity contribution is 6.18. The van der Waals surface area contributed by atoms with E-state index in [0.29, 0.717) is 11.1 Å². The zero-order chi connectivity index (χ0) is 20.0. The maximum atomic E-state index is 13.6. The number of nitrogens with zero attached hydrogens (tertiary/aromatic N) is 2. The monoisotopic (exact) mass is 374 g/mol. The molecule has 142 valence electrons. The van der Waals surface area contributed by atoms with Crippen molar-refractivity contribution in [3.8, 4) is 5.75 Å².